The minimum Gasteiger partial charge on any atom is -0.467 e. The first-order chi connectivity index (χ1) is 10.8. The van der Waals surface area contributed by atoms with Gasteiger partial charge in [0.05, 0.1) is 12.5 Å². The van der Waals surface area contributed by atoms with Crippen LogP contribution in [-0.2, 0) is 19.6 Å². The number of amides is 2. The molecule has 2 N–H and O–H groups in total. The summed E-state index contributed by atoms with van der Waals surface area (Å²) < 4.78 is 30.4. The molecule has 0 aromatic heterocycles. The van der Waals surface area contributed by atoms with Gasteiger partial charge in [-0.15, -0.1) is 0 Å². The Labute approximate surface area is 135 Å². The van der Waals surface area contributed by atoms with Gasteiger partial charge in [0.15, 0.2) is 0 Å². The number of rotatable bonds is 6. The van der Waals surface area contributed by atoms with Crippen molar-refractivity contribution >= 4 is 27.6 Å². The Balaban J connectivity index is 2.84. The molecule has 1 atom stereocenters. The zero-order valence-corrected chi connectivity index (χ0v) is 14.0. The maximum Gasteiger partial charge on any atom is 0.329 e. The van der Waals surface area contributed by atoms with E-state index in [2.05, 4.69) is 10.1 Å². The summed E-state index contributed by atoms with van der Waals surface area (Å²) in [5, 5.41) is 3.19. The van der Waals surface area contributed by atoms with E-state index in [1.807, 2.05) is 17.7 Å². The fourth-order valence-corrected chi connectivity index (χ4v) is 2.87. The summed E-state index contributed by atoms with van der Waals surface area (Å²) in [7, 11) is -2.82. The van der Waals surface area contributed by atoms with Crippen molar-refractivity contribution in [3.8, 4) is 0 Å². The topological polar surface area (TPSA) is 102 Å². The molecule has 0 aliphatic carbocycles. The van der Waals surface area contributed by atoms with Gasteiger partial charge in [-0.3, -0.25) is 0 Å². The molecular weight excluding hydrogens is 320 g/mol. The minimum atomic E-state index is -3.99. The molecule has 1 aromatic carbocycles. The van der Waals surface area contributed by atoms with Crippen molar-refractivity contribution in [3.05, 3.63) is 41.3 Å². The second-order valence-electron chi connectivity index (χ2n) is 4.73. The Morgan fingerprint density at radius 1 is 1.26 bits per heavy atom. The molecule has 0 radical (unpaired) electrons. The lowest BCUT2D eigenvalue weighted by molar-refractivity contribution is -0.142. The molecule has 0 saturated heterocycles. The number of allylic oxidation sites excluding steroid dienone is 1. The Morgan fingerprint density at radius 2 is 1.87 bits per heavy atom. The molecule has 0 aliphatic rings. The number of benzene rings is 1. The highest BCUT2D eigenvalue weighted by atomic mass is 32.2. The van der Waals surface area contributed by atoms with Gasteiger partial charge >= 0.3 is 12.0 Å². The molecule has 2 amide bonds. The number of esters is 1. The molecule has 1 aromatic rings. The van der Waals surface area contributed by atoms with Gasteiger partial charge < -0.3 is 10.1 Å². The number of methoxy groups -OCH3 is 1. The smallest absolute Gasteiger partial charge is 0.329 e. The summed E-state index contributed by atoms with van der Waals surface area (Å²) in [6, 6.07) is 7.02. The van der Waals surface area contributed by atoms with Gasteiger partial charge in [0.25, 0.3) is 10.0 Å². The van der Waals surface area contributed by atoms with Gasteiger partial charge in [0.1, 0.15) is 6.04 Å². The zero-order chi connectivity index (χ0) is 17.5. The third-order valence-corrected chi connectivity index (χ3v) is 4.02. The van der Waals surface area contributed by atoms with E-state index in [1.165, 1.54) is 14.0 Å². The maximum absolute atomic E-state index is 12.0. The average Bonchev–Trinajstić information content (AvgIpc) is 2.51. The van der Waals surface area contributed by atoms with Crippen LogP contribution in [0.15, 0.2) is 35.7 Å². The molecule has 1 rings (SSSR count). The number of sulfonamides is 1. The zero-order valence-electron chi connectivity index (χ0n) is 13.2. The summed E-state index contributed by atoms with van der Waals surface area (Å²) in [5.41, 5.74) is 1.32. The molecule has 0 aliphatic heterocycles. The van der Waals surface area contributed by atoms with E-state index in [9.17, 15) is 18.0 Å². The van der Waals surface area contributed by atoms with E-state index in [0.717, 1.165) is 11.0 Å². The standard InChI is InChI=1S/C15H20N2O5S/c1-4-12(13-8-6-5-7-9-13)10-23(20,21)17-15(19)16-11(2)14(18)22-3/h5-11H,4H2,1-3H3,(H2,16,17,19)/b12-10-. The summed E-state index contributed by atoms with van der Waals surface area (Å²) in [5.74, 6) is -0.674. The number of ether oxygens (including phenoxy) is 1. The van der Waals surface area contributed by atoms with Crippen molar-refractivity contribution in [2.45, 2.75) is 26.3 Å². The van der Waals surface area contributed by atoms with Crippen LogP contribution in [0.3, 0.4) is 0 Å². The first-order valence-electron chi connectivity index (χ1n) is 6.96. The number of nitrogens with one attached hydrogen (secondary N) is 2. The highest BCUT2D eigenvalue weighted by molar-refractivity contribution is 7.93. The Morgan fingerprint density at radius 3 is 2.39 bits per heavy atom. The summed E-state index contributed by atoms with van der Waals surface area (Å²) in [6.07, 6.45) is 0.477. The summed E-state index contributed by atoms with van der Waals surface area (Å²) in [4.78, 5) is 22.9. The van der Waals surface area contributed by atoms with E-state index in [0.29, 0.717) is 12.0 Å². The second-order valence-corrected chi connectivity index (χ2v) is 6.26. The van der Waals surface area contributed by atoms with Crippen LogP contribution in [0.5, 0.6) is 0 Å². The van der Waals surface area contributed by atoms with E-state index in [-0.39, 0.29) is 0 Å². The summed E-state index contributed by atoms with van der Waals surface area (Å²) >= 11 is 0. The van der Waals surface area contributed by atoms with Crippen molar-refractivity contribution in [1.82, 2.24) is 10.0 Å². The SMILES string of the molecule is CC/C(=C/S(=O)(=O)NC(=O)NC(C)C(=O)OC)c1ccccc1. The fourth-order valence-electron chi connectivity index (χ4n) is 1.82. The molecule has 0 fully saturated rings. The predicted molar refractivity (Wildman–Crippen MR) is 86.8 cm³/mol. The van der Waals surface area contributed by atoms with Gasteiger partial charge in [-0.1, -0.05) is 37.3 Å². The van der Waals surface area contributed by atoms with Gasteiger partial charge in [-0.05, 0) is 24.5 Å². The number of urea groups is 1. The van der Waals surface area contributed by atoms with Crippen molar-refractivity contribution in [1.29, 1.82) is 0 Å². The monoisotopic (exact) mass is 340 g/mol. The predicted octanol–water partition coefficient (Wildman–Crippen LogP) is 1.63. The van der Waals surface area contributed by atoms with Crippen LogP contribution in [0, 0.1) is 0 Å². The van der Waals surface area contributed by atoms with E-state index in [1.54, 1.807) is 24.3 Å². The molecule has 1 unspecified atom stereocenters. The van der Waals surface area contributed by atoms with Crippen LogP contribution >= 0.6 is 0 Å². The number of hydrogen-bond acceptors (Lipinski definition) is 5. The van der Waals surface area contributed by atoms with Crippen LogP contribution in [-0.4, -0.2) is 33.6 Å². The number of hydrogen-bond donors (Lipinski definition) is 2. The molecule has 126 valence electrons. The molecule has 7 nitrogen and oxygen atoms in total. The number of carbonyl (C=O) groups excluding carboxylic acids is 2. The normalized spacial score (nSPS) is 13.1. The average molecular weight is 340 g/mol. The Hall–Kier alpha value is -2.35. The highest BCUT2D eigenvalue weighted by Crippen LogP contribution is 2.18. The second kappa shape index (κ2) is 8.33. The lowest BCUT2D eigenvalue weighted by atomic mass is 10.1. The van der Waals surface area contributed by atoms with Crippen LogP contribution in [0.2, 0.25) is 0 Å². The van der Waals surface area contributed by atoms with Crippen LogP contribution in [0.1, 0.15) is 25.8 Å². The lowest BCUT2D eigenvalue weighted by Crippen LogP contribution is -2.46. The molecule has 0 spiro atoms. The quantitative estimate of drug-likeness (QED) is 0.766. The van der Waals surface area contributed by atoms with Crippen LogP contribution < -0.4 is 10.0 Å². The van der Waals surface area contributed by atoms with E-state index < -0.39 is 28.1 Å². The third-order valence-electron chi connectivity index (χ3n) is 2.96. The molecule has 0 heterocycles. The van der Waals surface area contributed by atoms with Gasteiger partial charge in [-0.2, -0.15) is 0 Å². The van der Waals surface area contributed by atoms with E-state index >= 15 is 0 Å². The molecule has 0 saturated carbocycles. The largest absolute Gasteiger partial charge is 0.467 e. The highest BCUT2D eigenvalue weighted by Gasteiger charge is 2.19. The molecule has 8 heteroatoms. The Bertz CT molecular complexity index is 683. The molecular formula is C15H20N2O5S. The van der Waals surface area contributed by atoms with Crippen molar-refractivity contribution in [2.24, 2.45) is 0 Å². The van der Waals surface area contributed by atoms with Crippen molar-refractivity contribution in [3.63, 3.8) is 0 Å². The van der Waals surface area contributed by atoms with Gasteiger partial charge in [0, 0.05) is 0 Å². The van der Waals surface area contributed by atoms with Crippen LogP contribution in [0.4, 0.5) is 4.79 Å². The van der Waals surface area contributed by atoms with Gasteiger partial charge in [-0.25, -0.2) is 22.7 Å². The number of carbonyl (C=O) groups is 2. The molecule has 0 bridgehead atoms. The molecule has 23 heavy (non-hydrogen) atoms. The summed E-state index contributed by atoms with van der Waals surface area (Å²) in [6.45, 7) is 3.20. The first-order valence-corrected chi connectivity index (χ1v) is 8.50. The first kappa shape index (κ1) is 18.7. The fraction of sp³-hybridized carbons (Fsp3) is 0.333. The van der Waals surface area contributed by atoms with Crippen molar-refractivity contribution < 1.29 is 22.7 Å². The Kier molecular flexibility index (Phi) is 6.77. The lowest BCUT2D eigenvalue weighted by Gasteiger charge is -2.12. The minimum absolute atomic E-state index is 0.477. The van der Waals surface area contributed by atoms with Crippen molar-refractivity contribution in [2.75, 3.05) is 7.11 Å². The third kappa shape index (κ3) is 6.11. The van der Waals surface area contributed by atoms with Crippen LogP contribution in [0.25, 0.3) is 5.57 Å². The van der Waals surface area contributed by atoms with Gasteiger partial charge in [0.2, 0.25) is 0 Å². The van der Waals surface area contributed by atoms with E-state index in [4.69, 9.17) is 0 Å². The maximum atomic E-state index is 12.0.